The van der Waals surface area contributed by atoms with Crippen molar-refractivity contribution in [3.8, 4) is 17.6 Å². The molecule has 6 rings (SSSR count). The summed E-state index contributed by atoms with van der Waals surface area (Å²) >= 11 is 0. The molecule has 4 atom stereocenters. The van der Waals surface area contributed by atoms with Crippen LogP contribution in [0.3, 0.4) is 0 Å². The maximum Gasteiger partial charge on any atom is 0.280 e. The molecular formula is C43H53N8O7P. The molecule has 1 N–H and O–H groups in total. The maximum atomic E-state index is 13.2. The van der Waals surface area contributed by atoms with Crippen LogP contribution in [0.25, 0.3) is 11.2 Å². The van der Waals surface area contributed by atoms with Gasteiger partial charge in [0.15, 0.2) is 11.2 Å². The molecule has 0 saturated carbocycles. The molecule has 16 heteroatoms. The van der Waals surface area contributed by atoms with E-state index in [0.29, 0.717) is 23.6 Å². The topological polar surface area (TPSA) is 162 Å². The molecule has 1 aliphatic heterocycles. The lowest BCUT2D eigenvalue weighted by atomic mass is 9.80. The van der Waals surface area contributed by atoms with E-state index in [-0.39, 0.29) is 43.2 Å². The first-order chi connectivity index (χ1) is 28.5. The van der Waals surface area contributed by atoms with E-state index < -0.39 is 38.1 Å². The van der Waals surface area contributed by atoms with Gasteiger partial charge < -0.3 is 32.9 Å². The third kappa shape index (κ3) is 9.82. The molecule has 2 aromatic heterocycles. The van der Waals surface area contributed by atoms with Crippen LogP contribution in [0.2, 0.25) is 0 Å². The van der Waals surface area contributed by atoms with Gasteiger partial charge in [0.2, 0.25) is 5.95 Å². The van der Waals surface area contributed by atoms with E-state index in [1.54, 1.807) is 36.4 Å². The van der Waals surface area contributed by atoms with E-state index in [4.69, 9.17) is 28.0 Å². The van der Waals surface area contributed by atoms with Gasteiger partial charge in [0.1, 0.15) is 29.4 Å². The molecule has 3 heterocycles. The van der Waals surface area contributed by atoms with Crippen molar-refractivity contribution >= 4 is 32.0 Å². The number of nitrogens with zero attached hydrogens (tertiary/aromatic N) is 7. The van der Waals surface area contributed by atoms with Gasteiger partial charge in [-0.2, -0.15) is 10.2 Å². The molecule has 0 spiro atoms. The molecule has 2 unspecified atom stereocenters. The number of hydrogen-bond donors (Lipinski definition) is 1. The molecule has 1 fully saturated rings. The number of rotatable bonds is 19. The van der Waals surface area contributed by atoms with Crippen molar-refractivity contribution in [2.45, 2.75) is 76.7 Å². The van der Waals surface area contributed by atoms with Gasteiger partial charge in [0, 0.05) is 32.6 Å². The summed E-state index contributed by atoms with van der Waals surface area (Å²) < 4.78 is 42.7. The number of nitrogens with one attached hydrogen (secondary N) is 1. The highest BCUT2D eigenvalue weighted by Crippen LogP contribution is 2.51. The number of benzene rings is 3. The third-order valence-corrected chi connectivity index (χ3v) is 12.0. The predicted molar refractivity (Wildman–Crippen MR) is 227 cm³/mol. The Hall–Kier alpha value is -5.20. The predicted octanol–water partition coefficient (Wildman–Crippen LogP) is 7.32. The van der Waals surface area contributed by atoms with Crippen molar-refractivity contribution < 1.29 is 28.0 Å². The van der Waals surface area contributed by atoms with Crippen molar-refractivity contribution in [1.82, 2.24) is 29.1 Å². The number of H-pyrrole nitrogens is 1. The lowest BCUT2D eigenvalue weighted by Crippen LogP contribution is -2.39. The van der Waals surface area contributed by atoms with Gasteiger partial charge in [-0.25, -0.2) is 14.6 Å². The van der Waals surface area contributed by atoms with Gasteiger partial charge in [-0.3, -0.25) is 14.3 Å². The molecule has 312 valence electrons. The summed E-state index contributed by atoms with van der Waals surface area (Å²) in [6.45, 7) is 8.65. The Kier molecular flexibility index (Phi) is 14.5. The fraction of sp³-hybridized carbons (Fsp3) is 0.419. The van der Waals surface area contributed by atoms with Crippen molar-refractivity contribution in [2.24, 2.45) is 4.99 Å². The zero-order valence-electron chi connectivity index (χ0n) is 34.8. The lowest BCUT2D eigenvalue weighted by molar-refractivity contribution is -0.0912. The quantitative estimate of drug-likeness (QED) is 0.0291. The minimum atomic E-state index is -1.67. The number of nitriles is 1. The van der Waals surface area contributed by atoms with Crippen LogP contribution in [0.5, 0.6) is 11.5 Å². The summed E-state index contributed by atoms with van der Waals surface area (Å²) in [7, 11) is 5.26. The van der Waals surface area contributed by atoms with Crippen molar-refractivity contribution in [1.29, 1.82) is 5.26 Å². The number of aromatic amines is 1. The number of methoxy groups -OCH3 is 2. The summed E-state index contributed by atoms with van der Waals surface area (Å²) in [5, 5.41) is 9.40. The van der Waals surface area contributed by atoms with Crippen LogP contribution < -0.4 is 15.0 Å². The number of aliphatic imine (C=N–C) groups is 1. The summed E-state index contributed by atoms with van der Waals surface area (Å²) in [4.78, 5) is 31.0. The van der Waals surface area contributed by atoms with E-state index >= 15 is 0 Å². The Labute approximate surface area is 346 Å². The molecule has 1 saturated heterocycles. The molecule has 0 radical (unpaired) electrons. The molecule has 5 aromatic rings. The Bertz CT molecular complexity index is 2190. The summed E-state index contributed by atoms with van der Waals surface area (Å²) in [5.41, 5.74) is 1.55. The molecule has 0 bridgehead atoms. The standard InChI is InChI=1S/C43H53N8O7P/c1-29(2)51(30(3)4)59(56-24-12-23-44)58-36-25-38(50-28-45-39-40(50)47-42(48-41(39)52)46-27-49(5)6)57-37(36)26-55-43(31-13-10-9-11-14-31,32-15-19-34(53-7)20-16-32)33-17-21-35(54-8)22-18-33/h9-11,13-22,27-30,36-38H,12,24-26H2,1-8H3,(H,47,48,52)/b46-27+/t36?,37-,38-,59?/m1/s1. The molecular weight excluding hydrogens is 771 g/mol. The van der Waals surface area contributed by atoms with Crippen molar-refractivity contribution in [3.05, 3.63) is 112 Å². The van der Waals surface area contributed by atoms with Gasteiger partial charge in [-0.05, 0) is 68.7 Å². The van der Waals surface area contributed by atoms with Crippen molar-refractivity contribution in [3.63, 3.8) is 0 Å². The van der Waals surface area contributed by atoms with E-state index in [1.165, 1.54) is 0 Å². The van der Waals surface area contributed by atoms with E-state index in [2.05, 4.69) is 58.4 Å². The Balaban J connectivity index is 1.45. The highest BCUT2D eigenvalue weighted by molar-refractivity contribution is 7.44. The highest BCUT2D eigenvalue weighted by Gasteiger charge is 2.45. The average molecular weight is 825 g/mol. The van der Waals surface area contributed by atoms with Gasteiger partial charge in [-0.1, -0.05) is 54.6 Å². The second kappa shape index (κ2) is 19.7. The Morgan fingerprint density at radius 1 is 0.983 bits per heavy atom. The normalized spacial score (nSPS) is 17.6. The Morgan fingerprint density at radius 2 is 1.59 bits per heavy atom. The SMILES string of the molecule is COc1ccc(C(OC[C@H]2O[C@@H](n3cnc4c(=O)[nH]c(/N=C/N(C)C)nc43)CC2OP(OCCC#N)N(C(C)C)C(C)C)(c2ccccc2)c2ccc(OC)cc2)cc1. The van der Waals surface area contributed by atoms with Crippen LogP contribution in [0.4, 0.5) is 5.95 Å². The van der Waals surface area contributed by atoms with E-state index in [9.17, 15) is 10.1 Å². The lowest BCUT2D eigenvalue weighted by Gasteiger charge is -2.39. The summed E-state index contributed by atoms with van der Waals surface area (Å²) in [6.07, 6.45) is 1.79. The van der Waals surface area contributed by atoms with E-state index in [0.717, 1.165) is 16.7 Å². The number of imidazole rings is 1. The third-order valence-electron chi connectivity index (χ3n) is 9.85. The van der Waals surface area contributed by atoms with Crippen LogP contribution >= 0.6 is 8.53 Å². The van der Waals surface area contributed by atoms with Gasteiger partial charge in [0.25, 0.3) is 14.1 Å². The number of fused-ring (bicyclic) bond motifs is 1. The summed E-state index contributed by atoms with van der Waals surface area (Å²) in [6, 6.07) is 28.1. The van der Waals surface area contributed by atoms with Crippen molar-refractivity contribution in [2.75, 3.05) is 41.5 Å². The highest BCUT2D eigenvalue weighted by atomic mass is 31.2. The molecule has 0 aliphatic carbocycles. The number of ether oxygens (including phenoxy) is 4. The zero-order chi connectivity index (χ0) is 42.1. The second-order valence-electron chi connectivity index (χ2n) is 14.8. The largest absolute Gasteiger partial charge is 0.497 e. The first-order valence-corrected chi connectivity index (χ1v) is 20.7. The van der Waals surface area contributed by atoms with Crippen LogP contribution in [-0.2, 0) is 24.1 Å². The van der Waals surface area contributed by atoms with Crippen LogP contribution in [0, 0.1) is 11.3 Å². The minimum Gasteiger partial charge on any atom is -0.497 e. The van der Waals surface area contributed by atoms with Gasteiger partial charge >= 0.3 is 0 Å². The zero-order valence-corrected chi connectivity index (χ0v) is 35.7. The van der Waals surface area contributed by atoms with E-state index in [1.807, 2.05) is 93.0 Å². The minimum absolute atomic E-state index is 0.0673. The molecule has 0 amide bonds. The fourth-order valence-corrected chi connectivity index (χ4v) is 8.94. The van der Waals surface area contributed by atoms with Crippen LogP contribution in [0.1, 0.15) is 63.5 Å². The monoisotopic (exact) mass is 824 g/mol. The molecule has 3 aromatic carbocycles. The molecule has 15 nitrogen and oxygen atoms in total. The molecule has 1 aliphatic rings. The fourth-order valence-electron chi connectivity index (χ4n) is 7.18. The first-order valence-electron chi connectivity index (χ1n) is 19.6. The number of hydrogen-bond acceptors (Lipinski definition) is 12. The average Bonchev–Trinajstić information content (AvgIpc) is 3.85. The molecule has 59 heavy (non-hydrogen) atoms. The first kappa shape index (κ1) is 43.4. The summed E-state index contributed by atoms with van der Waals surface area (Å²) in [5.74, 6) is 1.55. The van der Waals surface area contributed by atoms with Gasteiger partial charge in [-0.15, -0.1) is 0 Å². The van der Waals surface area contributed by atoms with Crippen LogP contribution in [-0.4, -0.2) is 101 Å². The maximum absolute atomic E-state index is 13.2. The number of aromatic nitrogens is 4. The smallest absolute Gasteiger partial charge is 0.280 e. The Morgan fingerprint density at radius 3 is 2.15 bits per heavy atom. The second-order valence-corrected chi connectivity index (χ2v) is 16.2. The van der Waals surface area contributed by atoms with Crippen LogP contribution in [0.15, 0.2) is 95.0 Å². The van der Waals surface area contributed by atoms with Gasteiger partial charge in [0.05, 0.1) is 58.7 Å².